The highest BCUT2D eigenvalue weighted by atomic mass is 32.1. The fourth-order valence-corrected chi connectivity index (χ4v) is 2.55. The van der Waals surface area contributed by atoms with Crippen LogP contribution in [0.1, 0.15) is 10.5 Å². The van der Waals surface area contributed by atoms with E-state index in [-0.39, 0.29) is 18.2 Å². The van der Waals surface area contributed by atoms with Gasteiger partial charge in [0.1, 0.15) is 11.4 Å². The first kappa shape index (κ1) is 15.8. The number of amides is 2. The van der Waals surface area contributed by atoms with Crippen LogP contribution in [0, 0.1) is 0 Å². The van der Waals surface area contributed by atoms with E-state index in [0.29, 0.717) is 11.4 Å². The minimum Gasteiger partial charge on any atom is -0.483 e. The summed E-state index contributed by atoms with van der Waals surface area (Å²) in [6, 6.07) is 10.4. The Labute approximate surface area is 141 Å². The van der Waals surface area contributed by atoms with E-state index < -0.39 is 5.91 Å². The normalized spacial score (nSPS) is 10.3. The maximum Gasteiger partial charge on any atom is 0.269 e. The molecule has 2 aromatic heterocycles. The molecule has 0 fully saturated rings. The number of primary amides is 1. The fraction of sp³-hybridized carbons (Fsp3) is 0.0625. The Kier molecular flexibility index (Phi) is 4.57. The van der Waals surface area contributed by atoms with Crippen molar-refractivity contribution in [1.29, 1.82) is 0 Å². The zero-order chi connectivity index (χ0) is 16.9. The summed E-state index contributed by atoms with van der Waals surface area (Å²) in [6.07, 6.45) is 1.64. The number of nitrogens with zero attached hydrogens (tertiary/aromatic N) is 2. The molecular weight excluding hydrogens is 328 g/mol. The molecule has 0 radical (unpaired) electrons. The van der Waals surface area contributed by atoms with Gasteiger partial charge in [0, 0.05) is 17.3 Å². The molecule has 3 N–H and O–H groups in total. The molecule has 3 rings (SSSR count). The number of benzene rings is 1. The Hall–Kier alpha value is -3.13. The lowest BCUT2D eigenvalue weighted by Crippen LogP contribution is -2.19. The minimum absolute atomic E-state index is 0.0559. The van der Waals surface area contributed by atoms with E-state index in [1.807, 2.05) is 10.8 Å². The Morgan fingerprint density at radius 3 is 2.62 bits per heavy atom. The van der Waals surface area contributed by atoms with Crippen LogP contribution in [0.25, 0.3) is 5.69 Å². The number of ether oxygens (including phenoxy) is 1. The molecule has 0 aliphatic heterocycles. The Balaban J connectivity index is 1.59. The van der Waals surface area contributed by atoms with E-state index >= 15 is 0 Å². The molecule has 0 aliphatic rings. The first-order valence-corrected chi connectivity index (χ1v) is 7.97. The van der Waals surface area contributed by atoms with E-state index in [9.17, 15) is 9.59 Å². The van der Waals surface area contributed by atoms with Gasteiger partial charge in [0.15, 0.2) is 6.61 Å². The number of aromatic nitrogens is 2. The number of carbonyl (C=O) groups is 2. The summed E-state index contributed by atoms with van der Waals surface area (Å²) in [5.41, 5.74) is 6.75. The van der Waals surface area contributed by atoms with Crippen molar-refractivity contribution in [1.82, 2.24) is 9.78 Å². The molecule has 0 bridgehead atoms. The summed E-state index contributed by atoms with van der Waals surface area (Å²) in [4.78, 5) is 22.9. The number of thiophene rings is 1. The standard InChI is InChI=1S/C16H14N4O3S/c17-16(22)14-5-7-20(19-14)12-3-1-11(2-4-12)18-15(21)9-23-13-6-8-24-10-13/h1-8,10H,9H2,(H2,17,22)(H,18,21). The van der Waals surface area contributed by atoms with Crippen LogP contribution in [0.3, 0.4) is 0 Å². The number of hydrogen-bond donors (Lipinski definition) is 2. The van der Waals surface area contributed by atoms with Crippen molar-refractivity contribution < 1.29 is 14.3 Å². The third kappa shape index (κ3) is 3.79. The van der Waals surface area contributed by atoms with Crippen molar-refractivity contribution in [2.75, 3.05) is 11.9 Å². The Morgan fingerprint density at radius 2 is 2.00 bits per heavy atom. The number of anilines is 1. The molecule has 24 heavy (non-hydrogen) atoms. The van der Waals surface area contributed by atoms with Crippen LogP contribution in [0.5, 0.6) is 5.75 Å². The van der Waals surface area contributed by atoms with Crippen LogP contribution in [0.4, 0.5) is 5.69 Å². The molecule has 1 aromatic carbocycles. The number of rotatable bonds is 6. The van der Waals surface area contributed by atoms with E-state index in [1.165, 1.54) is 16.0 Å². The predicted octanol–water partition coefficient (Wildman–Crippen LogP) is 2.05. The highest BCUT2D eigenvalue weighted by Gasteiger charge is 2.07. The second-order valence-electron chi connectivity index (χ2n) is 4.85. The summed E-state index contributed by atoms with van der Waals surface area (Å²) in [5.74, 6) is -0.151. The minimum atomic E-state index is -0.580. The molecule has 0 atom stereocenters. The lowest BCUT2D eigenvalue weighted by Gasteiger charge is -2.07. The monoisotopic (exact) mass is 342 g/mol. The van der Waals surface area contributed by atoms with E-state index in [2.05, 4.69) is 10.4 Å². The molecule has 0 saturated heterocycles. The average molecular weight is 342 g/mol. The molecule has 0 aliphatic carbocycles. The van der Waals surface area contributed by atoms with Crippen LogP contribution in [0.2, 0.25) is 0 Å². The summed E-state index contributed by atoms with van der Waals surface area (Å²) in [5, 5.41) is 10.5. The maximum atomic E-state index is 11.8. The second-order valence-corrected chi connectivity index (χ2v) is 5.63. The molecule has 8 heteroatoms. The number of carbonyl (C=O) groups excluding carboxylic acids is 2. The highest BCUT2D eigenvalue weighted by molar-refractivity contribution is 7.08. The number of nitrogens with two attached hydrogens (primary N) is 1. The van der Waals surface area contributed by atoms with Crippen LogP contribution in [0.15, 0.2) is 53.4 Å². The van der Waals surface area contributed by atoms with Gasteiger partial charge in [-0.15, -0.1) is 11.3 Å². The van der Waals surface area contributed by atoms with E-state index in [1.54, 1.807) is 42.6 Å². The van der Waals surface area contributed by atoms with Crippen LogP contribution in [-0.4, -0.2) is 28.2 Å². The molecule has 3 aromatic rings. The first-order chi connectivity index (χ1) is 11.6. The maximum absolute atomic E-state index is 11.8. The third-order valence-corrected chi connectivity index (χ3v) is 3.78. The van der Waals surface area contributed by atoms with Gasteiger partial charge in [-0.3, -0.25) is 9.59 Å². The molecule has 2 amide bonds. The van der Waals surface area contributed by atoms with Crippen molar-refractivity contribution >= 4 is 28.8 Å². The zero-order valence-corrected chi connectivity index (χ0v) is 13.3. The largest absolute Gasteiger partial charge is 0.483 e. The van der Waals surface area contributed by atoms with Crippen LogP contribution < -0.4 is 15.8 Å². The summed E-state index contributed by atoms with van der Waals surface area (Å²) in [6.45, 7) is -0.0559. The van der Waals surface area contributed by atoms with Crippen molar-refractivity contribution in [3.05, 3.63) is 59.0 Å². The molecule has 2 heterocycles. The van der Waals surface area contributed by atoms with Gasteiger partial charge in [0.05, 0.1) is 5.69 Å². The summed E-state index contributed by atoms with van der Waals surface area (Å²) < 4.78 is 6.87. The predicted molar refractivity (Wildman–Crippen MR) is 90.5 cm³/mol. The SMILES string of the molecule is NC(=O)c1ccn(-c2ccc(NC(=O)COc3ccsc3)cc2)n1. The molecule has 7 nitrogen and oxygen atoms in total. The van der Waals surface area contributed by atoms with Crippen LogP contribution in [-0.2, 0) is 4.79 Å². The lowest BCUT2D eigenvalue weighted by molar-refractivity contribution is -0.118. The topological polar surface area (TPSA) is 99.2 Å². The number of hydrogen-bond acceptors (Lipinski definition) is 5. The smallest absolute Gasteiger partial charge is 0.269 e. The van der Waals surface area contributed by atoms with Gasteiger partial charge in [-0.1, -0.05) is 0 Å². The molecule has 122 valence electrons. The quantitative estimate of drug-likeness (QED) is 0.716. The average Bonchev–Trinajstić information content (AvgIpc) is 3.25. The molecular formula is C16H14N4O3S. The van der Waals surface area contributed by atoms with Gasteiger partial charge in [0.2, 0.25) is 0 Å². The molecule has 0 unspecified atom stereocenters. The van der Waals surface area contributed by atoms with Crippen molar-refractivity contribution in [3.63, 3.8) is 0 Å². The van der Waals surface area contributed by atoms with E-state index in [0.717, 1.165) is 5.69 Å². The lowest BCUT2D eigenvalue weighted by atomic mass is 10.3. The van der Waals surface area contributed by atoms with Gasteiger partial charge in [-0.25, -0.2) is 4.68 Å². The summed E-state index contributed by atoms with van der Waals surface area (Å²) in [7, 11) is 0. The van der Waals surface area contributed by atoms with Gasteiger partial charge >= 0.3 is 0 Å². The Morgan fingerprint density at radius 1 is 1.21 bits per heavy atom. The Bertz CT molecular complexity index is 841. The number of nitrogens with one attached hydrogen (secondary N) is 1. The van der Waals surface area contributed by atoms with Gasteiger partial charge < -0.3 is 15.8 Å². The highest BCUT2D eigenvalue weighted by Crippen LogP contribution is 2.15. The summed E-state index contributed by atoms with van der Waals surface area (Å²) >= 11 is 1.50. The van der Waals surface area contributed by atoms with Crippen molar-refractivity contribution in [2.24, 2.45) is 5.73 Å². The first-order valence-electron chi connectivity index (χ1n) is 7.02. The molecule has 0 spiro atoms. The fourth-order valence-electron chi connectivity index (χ4n) is 1.98. The zero-order valence-electron chi connectivity index (χ0n) is 12.5. The van der Waals surface area contributed by atoms with Crippen molar-refractivity contribution in [2.45, 2.75) is 0 Å². The molecule has 0 saturated carbocycles. The van der Waals surface area contributed by atoms with E-state index in [4.69, 9.17) is 10.5 Å². The second kappa shape index (κ2) is 6.97. The van der Waals surface area contributed by atoms with Crippen LogP contribution >= 0.6 is 11.3 Å². The third-order valence-electron chi connectivity index (χ3n) is 3.12. The van der Waals surface area contributed by atoms with Gasteiger partial charge in [0.25, 0.3) is 11.8 Å². The van der Waals surface area contributed by atoms with Crippen molar-refractivity contribution in [3.8, 4) is 11.4 Å². The van der Waals surface area contributed by atoms with Gasteiger partial charge in [-0.2, -0.15) is 5.10 Å². The van der Waals surface area contributed by atoms with Gasteiger partial charge in [-0.05, 0) is 41.8 Å².